The molecule has 0 amide bonds. The summed E-state index contributed by atoms with van der Waals surface area (Å²) in [5, 5.41) is 22.7. The maximum Gasteiger partial charge on any atom is 0.304 e. The molecule has 4 aromatic rings. The number of hydrogen-bond donors (Lipinski definition) is 1. The lowest BCUT2D eigenvalue weighted by Gasteiger charge is -2.33. The smallest absolute Gasteiger partial charge is 0.304 e. The number of fused-ring (bicyclic) bond motifs is 1. The van der Waals surface area contributed by atoms with Crippen molar-refractivity contribution in [2.75, 3.05) is 13.1 Å². The number of piperidine rings is 1. The number of carboxylic acids is 1. The molecule has 1 aliphatic rings. The summed E-state index contributed by atoms with van der Waals surface area (Å²) in [4.78, 5) is 14.5. The van der Waals surface area contributed by atoms with Gasteiger partial charge in [0.1, 0.15) is 5.52 Å². The van der Waals surface area contributed by atoms with Crippen molar-refractivity contribution in [1.29, 1.82) is 0 Å². The molecule has 1 aliphatic heterocycles. The number of aryl methyl sites for hydroxylation is 3. The van der Waals surface area contributed by atoms with E-state index in [-0.39, 0.29) is 12.3 Å². The fourth-order valence-corrected chi connectivity index (χ4v) is 5.64. The molecular formula is C28H34N6O2. The molecule has 8 heteroatoms. The van der Waals surface area contributed by atoms with Gasteiger partial charge in [-0.15, -0.1) is 5.10 Å². The largest absolute Gasteiger partial charge is 0.481 e. The highest BCUT2D eigenvalue weighted by Crippen LogP contribution is 2.34. The van der Waals surface area contributed by atoms with Crippen molar-refractivity contribution in [2.24, 2.45) is 13.0 Å². The minimum atomic E-state index is -0.807. The lowest BCUT2D eigenvalue weighted by molar-refractivity contribution is -0.137. The summed E-state index contributed by atoms with van der Waals surface area (Å²) in [6.07, 6.45) is 6.32. The van der Waals surface area contributed by atoms with E-state index in [1.165, 1.54) is 24.0 Å². The molecule has 2 atom stereocenters. The van der Waals surface area contributed by atoms with Gasteiger partial charge in [-0.3, -0.25) is 14.4 Å². The van der Waals surface area contributed by atoms with Gasteiger partial charge in [-0.1, -0.05) is 29.5 Å². The lowest BCUT2D eigenvalue weighted by Crippen LogP contribution is -2.36. The van der Waals surface area contributed by atoms with Crippen molar-refractivity contribution in [1.82, 2.24) is 29.7 Å². The van der Waals surface area contributed by atoms with Gasteiger partial charge in [-0.05, 0) is 79.1 Å². The molecule has 2 unspecified atom stereocenters. The molecule has 2 aromatic carbocycles. The van der Waals surface area contributed by atoms with Crippen molar-refractivity contribution in [3.05, 3.63) is 76.6 Å². The van der Waals surface area contributed by atoms with Crippen molar-refractivity contribution in [3.63, 3.8) is 0 Å². The van der Waals surface area contributed by atoms with Crippen LogP contribution in [-0.2, 0) is 24.9 Å². The maximum atomic E-state index is 11.9. The number of carbonyl (C=O) groups is 1. The molecular weight excluding hydrogens is 452 g/mol. The van der Waals surface area contributed by atoms with Gasteiger partial charge >= 0.3 is 5.97 Å². The Morgan fingerprint density at radius 1 is 1.22 bits per heavy atom. The first-order chi connectivity index (χ1) is 17.4. The second-order valence-electron chi connectivity index (χ2n) is 10.2. The predicted molar refractivity (Wildman–Crippen MR) is 139 cm³/mol. The molecule has 1 fully saturated rings. The van der Waals surface area contributed by atoms with E-state index in [1.54, 1.807) is 4.68 Å². The van der Waals surface area contributed by atoms with Crippen LogP contribution < -0.4 is 0 Å². The van der Waals surface area contributed by atoms with Crippen LogP contribution in [0.3, 0.4) is 0 Å². The summed E-state index contributed by atoms with van der Waals surface area (Å²) >= 11 is 0. The first-order valence-electron chi connectivity index (χ1n) is 12.7. The van der Waals surface area contributed by atoms with E-state index >= 15 is 0 Å². The predicted octanol–water partition coefficient (Wildman–Crippen LogP) is 4.30. The Hall–Kier alpha value is -3.52. The Morgan fingerprint density at radius 3 is 2.86 bits per heavy atom. The minimum Gasteiger partial charge on any atom is -0.481 e. The van der Waals surface area contributed by atoms with Gasteiger partial charge in [0, 0.05) is 45.0 Å². The average Bonchev–Trinajstić information content (AvgIpc) is 3.50. The second-order valence-corrected chi connectivity index (χ2v) is 10.2. The maximum absolute atomic E-state index is 11.9. The second kappa shape index (κ2) is 10.2. The quantitative estimate of drug-likeness (QED) is 0.399. The lowest BCUT2D eigenvalue weighted by atomic mass is 9.84. The van der Waals surface area contributed by atoms with Gasteiger partial charge < -0.3 is 5.11 Å². The zero-order chi connectivity index (χ0) is 25.2. The van der Waals surface area contributed by atoms with E-state index in [1.807, 2.05) is 49.2 Å². The molecule has 8 nitrogen and oxygen atoms in total. The van der Waals surface area contributed by atoms with Crippen LogP contribution in [0, 0.1) is 19.8 Å². The van der Waals surface area contributed by atoms with Crippen LogP contribution in [0.25, 0.3) is 11.0 Å². The van der Waals surface area contributed by atoms with Crippen LogP contribution in [0.2, 0.25) is 0 Å². The van der Waals surface area contributed by atoms with Crippen molar-refractivity contribution < 1.29 is 9.90 Å². The van der Waals surface area contributed by atoms with Crippen LogP contribution in [-0.4, -0.2) is 53.8 Å². The minimum absolute atomic E-state index is 0.0325. The first-order valence-corrected chi connectivity index (χ1v) is 12.7. The van der Waals surface area contributed by atoms with Crippen molar-refractivity contribution in [2.45, 2.75) is 52.1 Å². The number of likely N-dealkylation sites (tertiary alicyclic amines) is 1. The fraction of sp³-hybridized carbons (Fsp3) is 0.429. The van der Waals surface area contributed by atoms with E-state index in [4.69, 9.17) is 0 Å². The molecule has 36 heavy (non-hydrogen) atoms. The summed E-state index contributed by atoms with van der Waals surface area (Å²) in [5.74, 6) is -0.469. The van der Waals surface area contributed by atoms with Gasteiger partial charge in [0.05, 0.1) is 11.9 Å². The van der Waals surface area contributed by atoms with Gasteiger partial charge in [0.15, 0.2) is 0 Å². The van der Waals surface area contributed by atoms with E-state index < -0.39 is 5.97 Å². The molecule has 2 aromatic heterocycles. The number of aliphatic carboxylic acids is 1. The Bertz CT molecular complexity index is 1360. The Balaban J connectivity index is 1.41. The summed E-state index contributed by atoms with van der Waals surface area (Å²) < 4.78 is 3.79. The number of aromatic nitrogens is 5. The highest BCUT2D eigenvalue weighted by atomic mass is 16.4. The van der Waals surface area contributed by atoms with Crippen LogP contribution >= 0.6 is 0 Å². The van der Waals surface area contributed by atoms with Crippen molar-refractivity contribution in [3.8, 4) is 0 Å². The summed E-state index contributed by atoms with van der Waals surface area (Å²) in [5.41, 5.74) is 7.31. The van der Waals surface area contributed by atoms with Crippen LogP contribution in [0.1, 0.15) is 53.0 Å². The molecule has 0 radical (unpaired) electrons. The van der Waals surface area contributed by atoms with E-state index in [9.17, 15) is 9.90 Å². The SMILES string of the molecule is Cc1ccc(C(CC(=O)O)c2ccc3c(nnn3C)c2C)cc1CN1CCCC(Cn2cccn2)C1. The monoisotopic (exact) mass is 486 g/mol. The van der Waals surface area contributed by atoms with Gasteiger partial charge in [0.25, 0.3) is 0 Å². The molecule has 0 saturated carbocycles. The first kappa shape index (κ1) is 24.2. The van der Waals surface area contributed by atoms with E-state index in [2.05, 4.69) is 45.4 Å². The zero-order valence-electron chi connectivity index (χ0n) is 21.3. The number of hydrogen-bond acceptors (Lipinski definition) is 5. The normalized spacial score (nSPS) is 17.5. The van der Waals surface area contributed by atoms with Crippen LogP contribution in [0.4, 0.5) is 0 Å². The molecule has 1 N–H and O–H groups in total. The molecule has 188 valence electrons. The number of benzene rings is 2. The molecule has 5 rings (SSSR count). The van der Waals surface area contributed by atoms with Crippen molar-refractivity contribution >= 4 is 17.0 Å². The zero-order valence-corrected chi connectivity index (χ0v) is 21.3. The molecule has 3 heterocycles. The van der Waals surface area contributed by atoms with Gasteiger partial charge in [-0.25, -0.2) is 4.68 Å². The third-order valence-electron chi connectivity index (χ3n) is 7.61. The number of rotatable bonds is 8. The van der Waals surface area contributed by atoms with Crippen LogP contribution in [0.15, 0.2) is 48.8 Å². The number of nitrogens with zero attached hydrogens (tertiary/aromatic N) is 6. The Labute approximate surface area is 211 Å². The Morgan fingerprint density at radius 2 is 2.08 bits per heavy atom. The van der Waals surface area contributed by atoms with Gasteiger partial charge in [0.2, 0.25) is 0 Å². The number of carboxylic acid groups (broad SMARTS) is 1. The summed E-state index contributed by atoms with van der Waals surface area (Å²) in [6.45, 7) is 8.12. The molecule has 0 bridgehead atoms. The molecule has 0 spiro atoms. The molecule has 1 saturated heterocycles. The van der Waals surface area contributed by atoms with E-state index in [0.717, 1.165) is 53.9 Å². The highest BCUT2D eigenvalue weighted by Gasteiger charge is 2.24. The highest BCUT2D eigenvalue weighted by molar-refractivity contribution is 5.80. The van der Waals surface area contributed by atoms with E-state index in [0.29, 0.717) is 5.92 Å². The summed E-state index contributed by atoms with van der Waals surface area (Å²) in [6, 6.07) is 12.5. The standard InChI is InChI=1S/C28H34N6O2/c1-19-7-8-22(14-23(19)18-33-12-4-6-21(16-33)17-34-13-5-11-29-34)25(15-27(35)36)24-9-10-26-28(20(24)2)30-31-32(26)3/h5,7-11,13-14,21,25H,4,6,12,15-18H2,1-3H3,(H,35,36). The summed E-state index contributed by atoms with van der Waals surface area (Å²) in [7, 11) is 1.87. The third kappa shape index (κ3) is 5.04. The van der Waals surface area contributed by atoms with Gasteiger partial charge in [-0.2, -0.15) is 5.10 Å². The third-order valence-corrected chi connectivity index (χ3v) is 7.61. The topological polar surface area (TPSA) is 89.1 Å². The Kier molecular flexibility index (Phi) is 6.87. The van der Waals surface area contributed by atoms with Crippen LogP contribution in [0.5, 0.6) is 0 Å². The fourth-order valence-electron chi connectivity index (χ4n) is 5.64. The molecule has 0 aliphatic carbocycles. The average molecular weight is 487 g/mol.